The zero-order chi connectivity index (χ0) is 10.7. The SMILES string of the molecule is O=S(=O)(Cc1ccccc1)n1cccn1. The van der Waals surface area contributed by atoms with Gasteiger partial charge in [0.05, 0.1) is 11.9 Å². The van der Waals surface area contributed by atoms with Crippen LogP contribution in [0.1, 0.15) is 5.56 Å². The van der Waals surface area contributed by atoms with E-state index in [9.17, 15) is 8.42 Å². The normalized spacial score (nSPS) is 11.5. The van der Waals surface area contributed by atoms with Gasteiger partial charge in [0.15, 0.2) is 0 Å². The Bertz CT molecular complexity index is 518. The molecule has 78 valence electrons. The van der Waals surface area contributed by atoms with Crippen molar-refractivity contribution in [1.82, 2.24) is 9.19 Å². The van der Waals surface area contributed by atoms with E-state index in [1.165, 1.54) is 12.4 Å². The van der Waals surface area contributed by atoms with E-state index >= 15 is 0 Å². The topological polar surface area (TPSA) is 52.0 Å². The third kappa shape index (κ3) is 2.24. The monoisotopic (exact) mass is 222 g/mol. The van der Waals surface area contributed by atoms with Gasteiger partial charge in [-0.2, -0.15) is 9.19 Å². The molecule has 0 aliphatic heterocycles. The first-order chi connectivity index (χ1) is 7.18. The maximum atomic E-state index is 11.8. The molecular weight excluding hydrogens is 212 g/mol. The second-order valence-electron chi connectivity index (χ2n) is 3.12. The van der Waals surface area contributed by atoms with Gasteiger partial charge >= 0.3 is 0 Å². The van der Waals surface area contributed by atoms with Crippen LogP contribution < -0.4 is 0 Å². The summed E-state index contributed by atoms with van der Waals surface area (Å²) in [4.78, 5) is 0. The second-order valence-corrected chi connectivity index (χ2v) is 4.95. The fraction of sp³-hybridized carbons (Fsp3) is 0.100. The maximum Gasteiger partial charge on any atom is 0.257 e. The molecule has 1 heterocycles. The van der Waals surface area contributed by atoms with Gasteiger partial charge < -0.3 is 0 Å². The van der Waals surface area contributed by atoms with Crippen LogP contribution in [0, 0.1) is 0 Å². The van der Waals surface area contributed by atoms with Crippen molar-refractivity contribution in [3.8, 4) is 0 Å². The lowest BCUT2D eigenvalue weighted by atomic mass is 10.2. The molecule has 1 aromatic heterocycles. The Morgan fingerprint density at radius 3 is 2.47 bits per heavy atom. The lowest BCUT2D eigenvalue weighted by Crippen LogP contribution is -2.15. The van der Waals surface area contributed by atoms with Crippen molar-refractivity contribution in [3.63, 3.8) is 0 Å². The van der Waals surface area contributed by atoms with Crippen LogP contribution in [0.2, 0.25) is 0 Å². The average molecular weight is 222 g/mol. The first-order valence-electron chi connectivity index (χ1n) is 4.45. The summed E-state index contributed by atoms with van der Waals surface area (Å²) < 4.78 is 24.5. The standard InChI is InChI=1S/C10H10N2O2S/c13-15(14,12-8-4-7-11-12)9-10-5-2-1-3-6-10/h1-8H,9H2. The smallest absolute Gasteiger partial charge is 0.204 e. The van der Waals surface area contributed by atoms with E-state index in [1.807, 2.05) is 18.2 Å². The van der Waals surface area contributed by atoms with Gasteiger partial charge in [-0.3, -0.25) is 0 Å². The second kappa shape index (κ2) is 3.86. The fourth-order valence-electron chi connectivity index (χ4n) is 1.27. The van der Waals surface area contributed by atoms with Gasteiger partial charge in [0.2, 0.25) is 0 Å². The van der Waals surface area contributed by atoms with E-state index in [0.717, 1.165) is 9.65 Å². The average Bonchev–Trinajstić information content (AvgIpc) is 2.71. The van der Waals surface area contributed by atoms with Crippen LogP contribution in [-0.4, -0.2) is 17.6 Å². The number of benzene rings is 1. The predicted molar refractivity (Wildman–Crippen MR) is 56.7 cm³/mol. The lowest BCUT2D eigenvalue weighted by molar-refractivity contribution is 0.579. The molecule has 1 aromatic carbocycles. The van der Waals surface area contributed by atoms with Crippen molar-refractivity contribution in [2.24, 2.45) is 0 Å². The number of hydrogen-bond donors (Lipinski definition) is 0. The summed E-state index contributed by atoms with van der Waals surface area (Å²) in [6.45, 7) is 0. The highest BCUT2D eigenvalue weighted by molar-refractivity contribution is 7.89. The third-order valence-corrected chi connectivity index (χ3v) is 3.44. The molecule has 0 spiro atoms. The van der Waals surface area contributed by atoms with E-state index in [2.05, 4.69) is 5.10 Å². The van der Waals surface area contributed by atoms with Crippen molar-refractivity contribution in [3.05, 3.63) is 54.4 Å². The minimum absolute atomic E-state index is 0.0322. The largest absolute Gasteiger partial charge is 0.257 e. The zero-order valence-corrected chi connectivity index (χ0v) is 8.76. The number of aromatic nitrogens is 2. The van der Waals surface area contributed by atoms with Crippen molar-refractivity contribution < 1.29 is 8.42 Å². The van der Waals surface area contributed by atoms with E-state index in [0.29, 0.717) is 0 Å². The van der Waals surface area contributed by atoms with Crippen LogP contribution in [0.25, 0.3) is 0 Å². The minimum Gasteiger partial charge on any atom is -0.204 e. The summed E-state index contributed by atoms with van der Waals surface area (Å²) in [6, 6.07) is 10.6. The Balaban J connectivity index is 2.27. The van der Waals surface area contributed by atoms with Crippen LogP contribution in [0.3, 0.4) is 0 Å². The van der Waals surface area contributed by atoms with Crippen molar-refractivity contribution in [2.75, 3.05) is 0 Å². The van der Waals surface area contributed by atoms with E-state index in [-0.39, 0.29) is 5.75 Å². The molecule has 0 amide bonds. The first kappa shape index (κ1) is 9.92. The summed E-state index contributed by atoms with van der Waals surface area (Å²) in [6.07, 6.45) is 2.88. The van der Waals surface area contributed by atoms with Crippen LogP contribution in [0.15, 0.2) is 48.8 Å². The molecule has 0 saturated carbocycles. The summed E-state index contributed by atoms with van der Waals surface area (Å²) in [5.41, 5.74) is 0.757. The summed E-state index contributed by atoms with van der Waals surface area (Å²) in [5, 5.41) is 3.71. The lowest BCUT2D eigenvalue weighted by Gasteiger charge is -2.03. The quantitative estimate of drug-likeness (QED) is 0.785. The Kier molecular flexibility index (Phi) is 2.55. The molecule has 0 saturated heterocycles. The van der Waals surface area contributed by atoms with Gasteiger partial charge in [-0.1, -0.05) is 30.3 Å². The molecule has 2 rings (SSSR count). The molecule has 15 heavy (non-hydrogen) atoms. The molecule has 5 heteroatoms. The first-order valence-corrected chi connectivity index (χ1v) is 6.06. The van der Waals surface area contributed by atoms with Gasteiger partial charge in [-0.25, -0.2) is 8.42 Å². The summed E-state index contributed by atoms with van der Waals surface area (Å²) in [5.74, 6) is -0.0322. The molecule has 0 aliphatic rings. The van der Waals surface area contributed by atoms with Crippen LogP contribution in [-0.2, 0) is 15.8 Å². The van der Waals surface area contributed by atoms with E-state index in [4.69, 9.17) is 0 Å². The van der Waals surface area contributed by atoms with Gasteiger partial charge in [0.1, 0.15) is 0 Å². The van der Waals surface area contributed by atoms with E-state index < -0.39 is 10.0 Å². The maximum absolute atomic E-state index is 11.8. The highest BCUT2D eigenvalue weighted by atomic mass is 32.2. The Morgan fingerprint density at radius 2 is 1.87 bits per heavy atom. The van der Waals surface area contributed by atoms with Crippen LogP contribution >= 0.6 is 0 Å². The Hall–Kier alpha value is -1.62. The van der Waals surface area contributed by atoms with Crippen molar-refractivity contribution >= 4 is 10.0 Å². The summed E-state index contributed by atoms with van der Waals surface area (Å²) in [7, 11) is -3.36. The van der Waals surface area contributed by atoms with Crippen LogP contribution in [0.4, 0.5) is 0 Å². The summed E-state index contributed by atoms with van der Waals surface area (Å²) >= 11 is 0. The number of rotatable bonds is 3. The van der Waals surface area contributed by atoms with Gasteiger partial charge in [-0.05, 0) is 11.6 Å². The molecule has 4 nitrogen and oxygen atoms in total. The fourth-order valence-corrected chi connectivity index (χ4v) is 2.47. The molecule has 0 unspecified atom stereocenters. The zero-order valence-electron chi connectivity index (χ0n) is 7.95. The van der Waals surface area contributed by atoms with Crippen molar-refractivity contribution in [1.29, 1.82) is 0 Å². The van der Waals surface area contributed by atoms with Crippen molar-refractivity contribution in [2.45, 2.75) is 5.75 Å². The Morgan fingerprint density at radius 1 is 1.13 bits per heavy atom. The van der Waals surface area contributed by atoms with E-state index in [1.54, 1.807) is 18.2 Å². The molecule has 0 bridgehead atoms. The Labute approximate surface area is 88.2 Å². The third-order valence-electron chi connectivity index (χ3n) is 1.96. The number of hydrogen-bond acceptors (Lipinski definition) is 3. The molecule has 0 N–H and O–H groups in total. The molecule has 2 aromatic rings. The molecule has 0 atom stereocenters. The van der Waals surface area contributed by atoms with Crippen LogP contribution in [0.5, 0.6) is 0 Å². The predicted octanol–water partition coefficient (Wildman–Crippen LogP) is 1.26. The van der Waals surface area contributed by atoms with Gasteiger partial charge in [0.25, 0.3) is 10.0 Å². The molecule has 0 fully saturated rings. The van der Waals surface area contributed by atoms with Gasteiger partial charge in [0, 0.05) is 6.20 Å². The number of nitrogens with zero attached hydrogens (tertiary/aromatic N) is 2. The highest BCUT2D eigenvalue weighted by Gasteiger charge is 2.13. The minimum atomic E-state index is -3.36. The molecule has 0 aliphatic carbocycles. The highest BCUT2D eigenvalue weighted by Crippen LogP contribution is 2.07. The van der Waals surface area contributed by atoms with Gasteiger partial charge in [-0.15, -0.1) is 0 Å². The molecular formula is C10H10N2O2S. The molecule has 0 radical (unpaired) electrons.